The lowest BCUT2D eigenvalue weighted by atomic mass is 10.1. The summed E-state index contributed by atoms with van der Waals surface area (Å²) in [6.45, 7) is 6.21. The van der Waals surface area contributed by atoms with Crippen LogP contribution in [0.4, 0.5) is 0 Å². The van der Waals surface area contributed by atoms with Gasteiger partial charge in [0, 0.05) is 11.9 Å². The summed E-state index contributed by atoms with van der Waals surface area (Å²) in [6, 6.07) is 3.66. The largest absolute Gasteiger partial charge is 0.392 e. The Hall–Kier alpha value is -1.68. The van der Waals surface area contributed by atoms with Crippen molar-refractivity contribution in [2.24, 2.45) is 0 Å². The van der Waals surface area contributed by atoms with E-state index in [9.17, 15) is 0 Å². The molecule has 0 radical (unpaired) electrons. The molecule has 0 aliphatic heterocycles. The van der Waals surface area contributed by atoms with E-state index in [0.29, 0.717) is 0 Å². The van der Waals surface area contributed by atoms with Crippen molar-refractivity contribution in [2.45, 2.75) is 33.8 Å². The lowest BCUT2D eigenvalue weighted by Gasteiger charge is -2.05. The maximum atomic E-state index is 9.13. The molecule has 4 nitrogen and oxygen atoms in total. The van der Waals surface area contributed by atoms with Crippen LogP contribution in [0.5, 0.6) is 0 Å². The molecular weight excluding hydrogens is 214 g/mol. The molecule has 0 unspecified atom stereocenters. The van der Waals surface area contributed by atoms with Crippen molar-refractivity contribution in [2.75, 3.05) is 0 Å². The monoisotopic (exact) mass is 231 g/mol. The molecule has 0 amide bonds. The van der Waals surface area contributed by atoms with Crippen molar-refractivity contribution in [1.82, 2.24) is 14.8 Å². The zero-order valence-corrected chi connectivity index (χ0v) is 10.4. The predicted octanol–water partition coefficient (Wildman–Crippen LogP) is 1.94. The quantitative estimate of drug-likeness (QED) is 0.878. The van der Waals surface area contributed by atoms with Crippen molar-refractivity contribution in [3.05, 3.63) is 40.8 Å². The first-order chi connectivity index (χ1) is 8.17. The second-order valence-corrected chi connectivity index (χ2v) is 4.10. The van der Waals surface area contributed by atoms with Crippen LogP contribution < -0.4 is 0 Å². The van der Waals surface area contributed by atoms with Gasteiger partial charge in [0.2, 0.25) is 0 Å². The highest BCUT2D eigenvalue weighted by Crippen LogP contribution is 2.17. The second-order valence-electron chi connectivity index (χ2n) is 4.10. The first-order valence-corrected chi connectivity index (χ1v) is 5.78. The second kappa shape index (κ2) is 4.67. The molecule has 0 saturated heterocycles. The average molecular weight is 231 g/mol. The molecule has 90 valence electrons. The number of rotatable bonds is 3. The lowest BCUT2D eigenvalue weighted by Crippen LogP contribution is -2.03. The van der Waals surface area contributed by atoms with Gasteiger partial charge in [0.05, 0.1) is 12.3 Å². The van der Waals surface area contributed by atoms with E-state index in [4.69, 9.17) is 5.11 Å². The summed E-state index contributed by atoms with van der Waals surface area (Å²) in [6.07, 6.45) is 2.67. The highest BCUT2D eigenvalue weighted by atomic mass is 16.3. The Labute approximate surface area is 101 Å². The van der Waals surface area contributed by atoms with Crippen molar-refractivity contribution < 1.29 is 5.11 Å². The molecule has 2 aromatic heterocycles. The summed E-state index contributed by atoms with van der Waals surface area (Å²) < 4.78 is 1.84. The highest BCUT2D eigenvalue weighted by Gasteiger charge is 2.11. The van der Waals surface area contributed by atoms with Crippen LogP contribution >= 0.6 is 0 Å². The number of nitrogens with zero attached hydrogens (tertiary/aromatic N) is 3. The van der Waals surface area contributed by atoms with Crippen LogP contribution in [0.15, 0.2) is 18.3 Å². The number of aliphatic hydroxyl groups is 1. The van der Waals surface area contributed by atoms with Gasteiger partial charge in [-0.3, -0.25) is 0 Å². The lowest BCUT2D eigenvalue weighted by molar-refractivity contribution is 0.281. The van der Waals surface area contributed by atoms with E-state index >= 15 is 0 Å². The Morgan fingerprint density at radius 3 is 2.71 bits per heavy atom. The molecule has 0 aromatic carbocycles. The molecule has 0 atom stereocenters. The number of pyridine rings is 1. The first-order valence-electron chi connectivity index (χ1n) is 5.78. The Morgan fingerprint density at radius 1 is 1.35 bits per heavy atom. The summed E-state index contributed by atoms with van der Waals surface area (Å²) in [4.78, 5) is 4.30. The minimum atomic E-state index is 0.0233. The van der Waals surface area contributed by atoms with Crippen molar-refractivity contribution in [1.29, 1.82) is 0 Å². The molecule has 0 spiro atoms. The van der Waals surface area contributed by atoms with Gasteiger partial charge in [0.15, 0.2) is 5.82 Å². The molecule has 17 heavy (non-hydrogen) atoms. The molecule has 0 saturated carbocycles. The van der Waals surface area contributed by atoms with Crippen LogP contribution in [0, 0.1) is 13.8 Å². The SMILES string of the molecule is CCc1c(C)nn(-c2cc(CO)ccn2)c1C. The van der Waals surface area contributed by atoms with Gasteiger partial charge in [0.25, 0.3) is 0 Å². The van der Waals surface area contributed by atoms with E-state index in [1.54, 1.807) is 12.3 Å². The molecule has 1 N–H and O–H groups in total. The Balaban J connectivity index is 2.52. The molecule has 4 heteroatoms. The zero-order chi connectivity index (χ0) is 12.4. The summed E-state index contributed by atoms with van der Waals surface area (Å²) in [5, 5.41) is 13.6. The fourth-order valence-electron chi connectivity index (χ4n) is 2.08. The van der Waals surface area contributed by atoms with E-state index < -0.39 is 0 Å². The predicted molar refractivity (Wildman–Crippen MR) is 66.1 cm³/mol. The van der Waals surface area contributed by atoms with Gasteiger partial charge in [-0.1, -0.05) is 6.92 Å². The summed E-state index contributed by atoms with van der Waals surface area (Å²) in [5.74, 6) is 0.761. The van der Waals surface area contributed by atoms with Crippen LogP contribution in [-0.4, -0.2) is 19.9 Å². The number of aromatic nitrogens is 3. The van der Waals surface area contributed by atoms with Gasteiger partial charge in [-0.05, 0) is 43.5 Å². The average Bonchev–Trinajstić information content (AvgIpc) is 2.64. The number of aryl methyl sites for hydroxylation is 1. The molecular formula is C13H17N3O. The number of hydrogen-bond acceptors (Lipinski definition) is 3. The Morgan fingerprint density at radius 2 is 2.12 bits per heavy atom. The van der Waals surface area contributed by atoms with Gasteiger partial charge < -0.3 is 5.11 Å². The van der Waals surface area contributed by atoms with Crippen molar-refractivity contribution >= 4 is 0 Å². The number of hydrogen-bond donors (Lipinski definition) is 1. The maximum Gasteiger partial charge on any atom is 0.153 e. The third-order valence-corrected chi connectivity index (χ3v) is 3.00. The van der Waals surface area contributed by atoms with Crippen LogP contribution in [-0.2, 0) is 13.0 Å². The summed E-state index contributed by atoms with van der Waals surface area (Å²) in [5.41, 5.74) is 4.27. The Bertz CT molecular complexity index is 531. The molecule has 0 aliphatic rings. The van der Waals surface area contributed by atoms with Gasteiger partial charge in [0.1, 0.15) is 0 Å². The minimum absolute atomic E-state index is 0.0233. The Kier molecular flexibility index (Phi) is 3.24. The van der Waals surface area contributed by atoms with E-state index in [2.05, 4.69) is 17.0 Å². The topological polar surface area (TPSA) is 50.9 Å². The third kappa shape index (κ3) is 2.08. The summed E-state index contributed by atoms with van der Waals surface area (Å²) in [7, 11) is 0. The highest BCUT2D eigenvalue weighted by molar-refractivity contribution is 5.34. The standard InChI is InChI=1S/C13H17N3O/c1-4-12-9(2)15-16(10(12)3)13-7-11(8-17)5-6-14-13/h5-7,17H,4,8H2,1-3H3. The fourth-order valence-corrected chi connectivity index (χ4v) is 2.08. The maximum absolute atomic E-state index is 9.13. The van der Waals surface area contributed by atoms with E-state index in [0.717, 1.165) is 29.2 Å². The van der Waals surface area contributed by atoms with Crippen molar-refractivity contribution in [3.8, 4) is 5.82 Å². The van der Waals surface area contributed by atoms with Gasteiger partial charge in [-0.15, -0.1) is 0 Å². The van der Waals surface area contributed by atoms with Crippen LogP contribution in [0.3, 0.4) is 0 Å². The van der Waals surface area contributed by atoms with Crippen LogP contribution in [0.2, 0.25) is 0 Å². The molecule has 0 aliphatic carbocycles. The molecule has 2 rings (SSSR count). The van der Waals surface area contributed by atoms with E-state index in [1.165, 1.54) is 5.56 Å². The summed E-state index contributed by atoms with van der Waals surface area (Å²) >= 11 is 0. The molecule has 0 bridgehead atoms. The van der Waals surface area contributed by atoms with Crippen molar-refractivity contribution in [3.63, 3.8) is 0 Å². The molecule has 2 heterocycles. The van der Waals surface area contributed by atoms with E-state index in [1.807, 2.05) is 24.6 Å². The first kappa shape index (κ1) is 11.8. The minimum Gasteiger partial charge on any atom is -0.392 e. The van der Waals surface area contributed by atoms with Gasteiger partial charge in [-0.25, -0.2) is 9.67 Å². The zero-order valence-electron chi connectivity index (χ0n) is 10.4. The van der Waals surface area contributed by atoms with Crippen LogP contribution in [0.25, 0.3) is 5.82 Å². The molecule has 2 aromatic rings. The van der Waals surface area contributed by atoms with Gasteiger partial charge >= 0.3 is 0 Å². The third-order valence-electron chi connectivity index (χ3n) is 3.00. The van der Waals surface area contributed by atoms with E-state index in [-0.39, 0.29) is 6.61 Å². The molecule has 0 fully saturated rings. The fraction of sp³-hybridized carbons (Fsp3) is 0.385. The van der Waals surface area contributed by atoms with Crippen LogP contribution in [0.1, 0.15) is 29.4 Å². The van der Waals surface area contributed by atoms with Gasteiger partial charge in [-0.2, -0.15) is 5.10 Å². The number of aliphatic hydroxyl groups excluding tert-OH is 1. The smallest absolute Gasteiger partial charge is 0.153 e. The normalized spacial score (nSPS) is 10.8.